The molecular formula is C20H22ClNO3S. The van der Waals surface area contributed by atoms with Crippen molar-refractivity contribution in [3.8, 4) is 0 Å². The third kappa shape index (κ3) is 3.38. The average molecular weight is 392 g/mol. The number of hydrogen-bond donors (Lipinski definition) is 1. The van der Waals surface area contributed by atoms with E-state index in [9.17, 15) is 13.2 Å². The average Bonchev–Trinajstić information content (AvgIpc) is 3.15. The van der Waals surface area contributed by atoms with Crippen LogP contribution in [-0.4, -0.2) is 19.1 Å². The largest absolute Gasteiger partial charge is 0.348 e. The van der Waals surface area contributed by atoms with Gasteiger partial charge in [-0.25, -0.2) is 8.42 Å². The van der Waals surface area contributed by atoms with Gasteiger partial charge >= 0.3 is 0 Å². The van der Waals surface area contributed by atoms with Crippen LogP contribution >= 0.6 is 11.6 Å². The molecule has 0 heterocycles. The molecule has 1 aliphatic carbocycles. The van der Waals surface area contributed by atoms with E-state index >= 15 is 0 Å². The molecule has 4 nitrogen and oxygen atoms in total. The maximum atomic E-state index is 13.3. The Labute approximate surface area is 159 Å². The number of rotatable bonds is 5. The molecular weight excluding hydrogens is 370 g/mol. The molecule has 1 atom stereocenters. The molecule has 0 saturated heterocycles. The van der Waals surface area contributed by atoms with Gasteiger partial charge in [0.15, 0.2) is 14.6 Å². The smallest absolute Gasteiger partial charge is 0.242 e. The molecule has 0 spiro atoms. The molecule has 1 N–H and O–H groups in total. The van der Waals surface area contributed by atoms with Crippen LogP contribution in [0.4, 0.5) is 0 Å². The van der Waals surface area contributed by atoms with Crippen molar-refractivity contribution < 1.29 is 13.2 Å². The van der Waals surface area contributed by atoms with Crippen molar-refractivity contribution in [3.63, 3.8) is 0 Å². The fourth-order valence-corrected chi connectivity index (χ4v) is 5.77. The van der Waals surface area contributed by atoms with Crippen LogP contribution < -0.4 is 5.32 Å². The lowest BCUT2D eigenvalue weighted by atomic mass is 10.0. The van der Waals surface area contributed by atoms with Gasteiger partial charge in [-0.2, -0.15) is 0 Å². The highest BCUT2D eigenvalue weighted by atomic mass is 35.5. The molecule has 0 bridgehead atoms. The Morgan fingerprint density at radius 1 is 1.04 bits per heavy atom. The highest BCUT2D eigenvalue weighted by molar-refractivity contribution is 7.93. The summed E-state index contributed by atoms with van der Waals surface area (Å²) in [6, 6.07) is 15.1. The van der Waals surface area contributed by atoms with Crippen molar-refractivity contribution in [3.05, 3.63) is 65.2 Å². The van der Waals surface area contributed by atoms with Crippen LogP contribution in [0, 0.1) is 0 Å². The van der Waals surface area contributed by atoms with Gasteiger partial charge in [0.2, 0.25) is 5.91 Å². The molecule has 26 heavy (non-hydrogen) atoms. The number of amides is 1. The van der Waals surface area contributed by atoms with Crippen LogP contribution in [0.2, 0.25) is 5.02 Å². The fraction of sp³-hybridized carbons (Fsp3) is 0.350. The number of nitrogens with one attached hydrogen (secondary N) is 1. The third-order valence-electron chi connectivity index (χ3n) is 5.11. The van der Waals surface area contributed by atoms with E-state index in [1.807, 2.05) is 19.1 Å². The maximum Gasteiger partial charge on any atom is 0.242 e. The Balaban J connectivity index is 1.90. The van der Waals surface area contributed by atoms with Crippen LogP contribution in [0.25, 0.3) is 0 Å². The second-order valence-electron chi connectivity index (χ2n) is 6.76. The van der Waals surface area contributed by atoms with Crippen molar-refractivity contribution >= 4 is 27.3 Å². The quantitative estimate of drug-likeness (QED) is 0.826. The summed E-state index contributed by atoms with van der Waals surface area (Å²) in [5, 5.41) is 3.53. The van der Waals surface area contributed by atoms with Gasteiger partial charge in [0, 0.05) is 5.02 Å². The van der Waals surface area contributed by atoms with Crippen LogP contribution in [0.3, 0.4) is 0 Å². The molecule has 0 aromatic heterocycles. The summed E-state index contributed by atoms with van der Waals surface area (Å²) in [6.07, 6.45) is 2.16. The first-order valence-electron chi connectivity index (χ1n) is 8.73. The van der Waals surface area contributed by atoms with Crippen LogP contribution in [0.15, 0.2) is 59.5 Å². The molecule has 3 rings (SSSR count). The lowest BCUT2D eigenvalue weighted by molar-refractivity contribution is -0.124. The molecule has 1 fully saturated rings. The summed E-state index contributed by atoms with van der Waals surface area (Å²) in [4.78, 5) is 13.3. The predicted octanol–water partition coefficient (Wildman–Crippen LogP) is 4.30. The Morgan fingerprint density at radius 3 is 2.19 bits per heavy atom. The molecule has 0 radical (unpaired) electrons. The molecule has 6 heteroatoms. The molecule has 1 unspecified atom stereocenters. The van der Waals surface area contributed by atoms with E-state index in [1.165, 1.54) is 0 Å². The second-order valence-corrected chi connectivity index (χ2v) is 9.46. The van der Waals surface area contributed by atoms with Crippen molar-refractivity contribution in [1.82, 2.24) is 5.32 Å². The second kappa shape index (κ2) is 7.41. The number of carbonyl (C=O) groups excluding carboxylic acids is 1. The summed E-state index contributed by atoms with van der Waals surface area (Å²) >= 11 is 5.91. The van der Waals surface area contributed by atoms with Crippen molar-refractivity contribution in [2.75, 3.05) is 0 Å². The van der Waals surface area contributed by atoms with Gasteiger partial charge in [0.25, 0.3) is 0 Å². The lowest BCUT2D eigenvalue weighted by Gasteiger charge is -2.29. The highest BCUT2D eigenvalue weighted by Gasteiger charge is 2.53. The zero-order valence-corrected chi connectivity index (χ0v) is 16.2. The molecule has 1 saturated carbocycles. The summed E-state index contributed by atoms with van der Waals surface area (Å²) in [5.41, 5.74) is 0.882. The van der Waals surface area contributed by atoms with Crippen molar-refractivity contribution in [2.24, 2.45) is 0 Å². The highest BCUT2D eigenvalue weighted by Crippen LogP contribution is 2.41. The van der Waals surface area contributed by atoms with Gasteiger partial charge in [-0.15, -0.1) is 0 Å². The molecule has 138 valence electrons. The van der Waals surface area contributed by atoms with Gasteiger partial charge in [-0.05, 0) is 49.6 Å². The van der Waals surface area contributed by atoms with E-state index in [1.54, 1.807) is 42.5 Å². The van der Waals surface area contributed by atoms with Gasteiger partial charge < -0.3 is 5.32 Å². The lowest BCUT2D eigenvalue weighted by Crippen LogP contribution is -2.51. The first-order chi connectivity index (χ1) is 12.4. The van der Waals surface area contributed by atoms with Gasteiger partial charge in [-0.1, -0.05) is 54.8 Å². The minimum atomic E-state index is -3.77. The summed E-state index contributed by atoms with van der Waals surface area (Å²) < 4.78 is 25.2. The normalized spacial score (nSPS) is 17.6. The van der Waals surface area contributed by atoms with E-state index < -0.39 is 20.5 Å². The van der Waals surface area contributed by atoms with Crippen LogP contribution in [-0.2, 0) is 14.6 Å². The third-order valence-corrected chi connectivity index (χ3v) is 7.88. The molecule has 2 aromatic carbocycles. The number of benzene rings is 2. The van der Waals surface area contributed by atoms with Crippen LogP contribution in [0.5, 0.6) is 0 Å². The SMILES string of the molecule is CC(NC(=O)C1(S(=O)(=O)c2ccccc2)CCCC1)c1ccc(Cl)cc1. The van der Waals surface area contributed by atoms with E-state index in [4.69, 9.17) is 11.6 Å². The molecule has 1 amide bonds. The predicted molar refractivity (Wildman–Crippen MR) is 103 cm³/mol. The van der Waals surface area contributed by atoms with E-state index in [-0.39, 0.29) is 10.9 Å². The Hall–Kier alpha value is -1.85. The zero-order valence-electron chi connectivity index (χ0n) is 14.6. The topological polar surface area (TPSA) is 63.2 Å². The van der Waals surface area contributed by atoms with Gasteiger partial charge in [0.1, 0.15) is 0 Å². The van der Waals surface area contributed by atoms with E-state index in [0.29, 0.717) is 17.9 Å². The van der Waals surface area contributed by atoms with Crippen molar-refractivity contribution in [1.29, 1.82) is 0 Å². The zero-order chi connectivity index (χ0) is 18.8. The Bertz CT molecular complexity index is 873. The first-order valence-corrected chi connectivity index (χ1v) is 10.6. The minimum absolute atomic E-state index is 0.205. The van der Waals surface area contributed by atoms with Gasteiger partial charge in [0.05, 0.1) is 10.9 Å². The summed E-state index contributed by atoms with van der Waals surface area (Å²) in [5.74, 6) is -0.415. The summed E-state index contributed by atoms with van der Waals surface area (Å²) in [7, 11) is -3.77. The number of hydrogen-bond acceptors (Lipinski definition) is 3. The monoisotopic (exact) mass is 391 g/mol. The van der Waals surface area contributed by atoms with Gasteiger partial charge in [-0.3, -0.25) is 4.79 Å². The molecule has 2 aromatic rings. The first kappa shape index (κ1) is 18.9. The van der Waals surface area contributed by atoms with E-state index in [0.717, 1.165) is 18.4 Å². The van der Waals surface area contributed by atoms with Crippen molar-refractivity contribution in [2.45, 2.75) is 48.3 Å². The minimum Gasteiger partial charge on any atom is -0.348 e. The fourth-order valence-electron chi connectivity index (χ4n) is 3.55. The number of sulfone groups is 1. The van der Waals surface area contributed by atoms with Crippen LogP contribution in [0.1, 0.15) is 44.2 Å². The number of halogens is 1. The summed E-state index contributed by atoms with van der Waals surface area (Å²) in [6.45, 7) is 1.85. The molecule has 0 aliphatic heterocycles. The maximum absolute atomic E-state index is 13.3. The molecule has 1 aliphatic rings. The Kier molecular flexibility index (Phi) is 5.39. The Morgan fingerprint density at radius 2 is 1.62 bits per heavy atom. The number of carbonyl (C=O) groups is 1. The van der Waals surface area contributed by atoms with E-state index in [2.05, 4.69) is 5.32 Å². The standard InChI is InChI=1S/C20H22ClNO3S/c1-15(16-9-11-17(21)12-10-16)22-19(23)20(13-5-6-14-20)26(24,25)18-7-3-2-4-8-18/h2-4,7-12,15H,5-6,13-14H2,1H3,(H,22,23).